The highest BCUT2D eigenvalue weighted by Crippen LogP contribution is 2.15. The normalized spacial score (nSPS) is 10.5. The summed E-state index contributed by atoms with van der Waals surface area (Å²) >= 11 is 0. The van der Waals surface area contributed by atoms with E-state index in [-0.39, 0.29) is 16.8 Å². The molecule has 1 N–H and O–H groups in total. The first-order valence-corrected chi connectivity index (χ1v) is 6.28. The Hall–Kier alpha value is -3.28. The van der Waals surface area contributed by atoms with E-state index in [1.54, 1.807) is 12.1 Å². The molecule has 110 valence electrons. The molecule has 22 heavy (non-hydrogen) atoms. The Kier molecular flexibility index (Phi) is 4.43. The van der Waals surface area contributed by atoms with E-state index in [1.165, 1.54) is 48.6 Å². The second kappa shape index (κ2) is 6.45. The van der Waals surface area contributed by atoms with E-state index in [9.17, 15) is 19.7 Å². The van der Waals surface area contributed by atoms with Crippen LogP contribution in [0.2, 0.25) is 0 Å². The van der Waals surface area contributed by atoms with Crippen molar-refractivity contribution >= 4 is 23.5 Å². The number of nitro benzene ring substituents is 1. The molecule has 0 atom stereocenters. The highest BCUT2D eigenvalue weighted by molar-refractivity contribution is 6.12. The summed E-state index contributed by atoms with van der Waals surface area (Å²) in [5.74, 6) is -1.67. The zero-order chi connectivity index (χ0) is 16.1. The van der Waals surface area contributed by atoms with Crippen molar-refractivity contribution in [1.82, 2.24) is 0 Å². The van der Waals surface area contributed by atoms with Gasteiger partial charge in [0.05, 0.1) is 10.5 Å². The number of carboxylic acid groups (broad SMARTS) is 1. The zero-order valence-electron chi connectivity index (χ0n) is 11.3. The second-order valence-corrected chi connectivity index (χ2v) is 4.40. The fourth-order valence-electron chi connectivity index (χ4n) is 1.89. The van der Waals surface area contributed by atoms with Gasteiger partial charge in [-0.25, -0.2) is 4.79 Å². The molecule has 0 fully saturated rings. The highest BCUT2D eigenvalue weighted by atomic mass is 16.6. The van der Waals surface area contributed by atoms with Crippen LogP contribution in [0, 0.1) is 10.1 Å². The maximum absolute atomic E-state index is 12.1. The number of carbonyl (C=O) groups is 2. The SMILES string of the molecule is O=C(O)c1ccccc1C(=O)C=Cc1cccc([N+](=O)[O-])c1. The summed E-state index contributed by atoms with van der Waals surface area (Å²) in [7, 11) is 0. The zero-order valence-corrected chi connectivity index (χ0v) is 11.3. The maximum atomic E-state index is 12.1. The molecule has 2 rings (SSSR count). The number of hydrogen-bond acceptors (Lipinski definition) is 4. The Morgan fingerprint density at radius 2 is 1.73 bits per heavy atom. The van der Waals surface area contributed by atoms with Gasteiger partial charge in [0.15, 0.2) is 5.78 Å². The van der Waals surface area contributed by atoms with Gasteiger partial charge in [-0.05, 0) is 17.7 Å². The van der Waals surface area contributed by atoms with Gasteiger partial charge >= 0.3 is 5.97 Å². The number of non-ortho nitro benzene ring substituents is 1. The summed E-state index contributed by atoms with van der Waals surface area (Å²) in [5.41, 5.74) is 0.378. The van der Waals surface area contributed by atoms with E-state index in [0.29, 0.717) is 5.56 Å². The number of allylic oxidation sites excluding steroid dienone is 1. The lowest BCUT2D eigenvalue weighted by Crippen LogP contribution is -2.06. The predicted octanol–water partition coefficient (Wildman–Crippen LogP) is 3.19. The van der Waals surface area contributed by atoms with Gasteiger partial charge in [-0.3, -0.25) is 14.9 Å². The van der Waals surface area contributed by atoms with Gasteiger partial charge in [0, 0.05) is 17.7 Å². The predicted molar refractivity (Wildman–Crippen MR) is 79.9 cm³/mol. The molecule has 0 unspecified atom stereocenters. The minimum absolute atomic E-state index is 0.0664. The Morgan fingerprint density at radius 3 is 2.36 bits per heavy atom. The molecule has 0 spiro atoms. The topological polar surface area (TPSA) is 97.5 Å². The molecule has 2 aromatic carbocycles. The van der Waals surface area contributed by atoms with Crippen LogP contribution in [0.1, 0.15) is 26.3 Å². The van der Waals surface area contributed by atoms with Crippen LogP contribution >= 0.6 is 0 Å². The lowest BCUT2D eigenvalue weighted by molar-refractivity contribution is -0.384. The summed E-state index contributed by atoms with van der Waals surface area (Å²) in [6, 6.07) is 11.7. The number of rotatable bonds is 5. The van der Waals surface area contributed by atoms with Crippen molar-refractivity contribution in [3.05, 3.63) is 81.4 Å². The fraction of sp³-hybridized carbons (Fsp3) is 0. The number of nitrogens with zero attached hydrogens (tertiary/aromatic N) is 1. The molecule has 0 saturated carbocycles. The van der Waals surface area contributed by atoms with Gasteiger partial charge in [0.2, 0.25) is 0 Å². The van der Waals surface area contributed by atoms with E-state index >= 15 is 0 Å². The summed E-state index contributed by atoms with van der Waals surface area (Å²) < 4.78 is 0. The van der Waals surface area contributed by atoms with Crippen molar-refractivity contribution < 1.29 is 19.6 Å². The molecule has 0 aliphatic carbocycles. The lowest BCUT2D eigenvalue weighted by atomic mass is 10.0. The van der Waals surface area contributed by atoms with E-state index in [1.807, 2.05) is 0 Å². The summed E-state index contributed by atoms with van der Waals surface area (Å²) in [4.78, 5) is 33.3. The van der Waals surface area contributed by atoms with Crippen LogP contribution in [-0.2, 0) is 0 Å². The monoisotopic (exact) mass is 297 g/mol. The van der Waals surface area contributed by atoms with Crippen LogP contribution in [0.15, 0.2) is 54.6 Å². The molecular formula is C16H11NO5. The number of nitro groups is 1. The number of carbonyl (C=O) groups excluding carboxylic acids is 1. The van der Waals surface area contributed by atoms with Crippen molar-refractivity contribution in [2.45, 2.75) is 0 Å². The first-order chi connectivity index (χ1) is 10.5. The largest absolute Gasteiger partial charge is 0.478 e. The van der Waals surface area contributed by atoms with Crippen LogP contribution in [0.5, 0.6) is 0 Å². The Morgan fingerprint density at radius 1 is 1.05 bits per heavy atom. The Balaban J connectivity index is 2.27. The van der Waals surface area contributed by atoms with Crippen molar-refractivity contribution in [1.29, 1.82) is 0 Å². The minimum Gasteiger partial charge on any atom is -0.478 e. The first-order valence-electron chi connectivity index (χ1n) is 6.28. The highest BCUT2D eigenvalue weighted by Gasteiger charge is 2.13. The third-order valence-corrected chi connectivity index (χ3v) is 2.93. The number of carboxylic acids is 1. The molecule has 0 radical (unpaired) electrons. The summed E-state index contributed by atoms with van der Waals surface area (Å²) in [6.07, 6.45) is 2.61. The van der Waals surface area contributed by atoms with Crippen LogP contribution in [0.25, 0.3) is 6.08 Å². The summed E-state index contributed by atoms with van der Waals surface area (Å²) in [6.45, 7) is 0. The van der Waals surface area contributed by atoms with Crippen molar-refractivity contribution in [2.24, 2.45) is 0 Å². The molecule has 0 saturated heterocycles. The lowest BCUT2D eigenvalue weighted by Gasteiger charge is -2.01. The van der Waals surface area contributed by atoms with Gasteiger partial charge < -0.3 is 5.11 Å². The molecule has 2 aromatic rings. The third-order valence-electron chi connectivity index (χ3n) is 2.93. The number of aromatic carboxylic acids is 1. The molecule has 0 aliphatic heterocycles. The van der Waals surface area contributed by atoms with Gasteiger partial charge in [-0.2, -0.15) is 0 Å². The van der Waals surface area contributed by atoms with E-state index in [4.69, 9.17) is 5.11 Å². The van der Waals surface area contributed by atoms with Crippen LogP contribution in [-0.4, -0.2) is 21.8 Å². The maximum Gasteiger partial charge on any atom is 0.336 e. The quantitative estimate of drug-likeness (QED) is 0.395. The third kappa shape index (κ3) is 3.43. The molecule has 0 heterocycles. The molecule has 6 heteroatoms. The Bertz CT molecular complexity index is 780. The molecule has 6 nitrogen and oxygen atoms in total. The van der Waals surface area contributed by atoms with Gasteiger partial charge in [0.25, 0.3) is 5.69 Å². The van der Waals surface area contributed by atoms with Crippen molar-refractivity contribution in [2.75, 3.05) is 0 Å². The van der Waals surface area contributed by atoms with Crippen molar-refractivity contribution in [3.63, 3.8) is 0 Å². The second-order valence-electron chi connectivity index (χ2n) is 4.40. The number of benzene rings is 2. The number of hydrogen-bond donors (Lipinski definition) is 1. The molecular weight excluding hydrogens is 286 g/mol. The fourth-order valence-corrected chi connectivity index (χ4v) is 1.89. The minimum atomic E-state index is -1.19. The average Bonchev–Trinajstić information content (AvgIpc) is 2.52. The molecule has 0 amide bonds. The molecule has 0 aromatic heterocycles. The van der Waals surface area contributed by atoms with Gasteiger partial charge in [-0.1, -0.05) is 36.4 Å². The van der Waals surface area contributed by atoms with Crippen LogP contribution in [0.4, 0.5) is 5.69 Å². The van der Waals surface area contributed by atoms with E-state index in [2.05, 4.69) is 0 Å². The number of ketones is 1. The van der Waals surface area contributed by atoms with E-state index < -0.39 is 16.7 Å². The van der Waals surface area contributed by atoms with E-state index in [0.717, 1.165) is 0 Å². The summed E-state index contributed by atoms with van der Waals surface area (Å²) in [5, 5.41) is 19.7. The van der Waals surface area contributed by atoms with Gasteiger partial charge in [-0.15, -0.1) is 0 Å². The Labute approximate surface area is 125 Å². The van der Waals surface area contributed by atoms with Crippen LogP contribution < -0.4 is 0 Å². The standard InChI is InChI=1S/C16H11NO5/c18-15(13-6-1-2-7-14(13)16(19)20)9-8-11-4-3-5-12(10-11)17(21)22/h1-10H,(H,19,20). The van der Waals surface area contributed by atoms with Gasteiger partial charge in [0.1, 0.15) is 0 Å². The average molecular weight is 297 g/mol. The first kappa shape index (κ1) is 15.1. The molecule has 0 bridgehead atoms. The van der Waals surface area contributed by atoms with Crippen molar-refractivity contribution in [3.8, 4) is 0 Å². The smallest absolute Gasteiger partial charge is 0.336 e. The van der Waals surface area contributed by atoms with Crippen LogP contribution in [0.3, 0.4) is 0 Å². The molecule has 0 aliphatic rings.